The number of rotatable bonds is 5. The molecule has 0 bridgehead atoms. The normalized spacial score (nSPS) is 45.3. The third-order valence-electron chi connectivity index (χ3n) is 9.46. The van der Waals surface area contributed by atoms with Crippen LogP contribution in [0.5, 0.6) is 0 Å². The van der Waals surface area contributed by atoms with E-state index in [1.165, 1.54) is 6.08 Å². The molecule has 2 N–H and O–H groups in total. The highest BCUT2D eigenvalue weighted by atomic mass is 35.5. The summed E-state index contributed by atoms with van der Waals surface area (Å²) in [5.74, 6) is -2.14. The molecule has 0 aromatic rings. The topological polar surface area (TPSA) is 91.7 Å². The number of allylic oxidation sites excluding steroid dienone is 4. The van der Waals surface area contributed by atoms with Crippen molar-refractivity contribution in [1.82, 2.24) is 0 Å². The minimum absolute atomic E-state index is 0.0291. The number of fused-ring (bicyclic) bond motifs is 5. The molecule has 0 amide bonds. The van der Waals surface area contributed by atoms with E-state index in [4.69, 9.17) is 16.7 Å². The predicted octanol–water partition coefficient (Wildman–Crippen LogP) is 4.26. The van der Waals surface area contributed by atoms with Crippen LogP contribution in [0.15, 0.2) is 23.3 Å². The summed E-state index contributed by atoms with van der Waals surface area (Å²) in [5, 5.41) is 20.6. The number of carboxylic acid groups (broad SMARTS) is 1. The molecule has 5 nitrogen and oxygen atoms in total. The van der Waals surface area contributed by atoms with E-state index in [9.17, 15) is 19.5 Å². The van der Waals surface area contributed by atoms with Gasteiger partial charge in [0.1, 0.15) is 11.8 Å². The van der Waals surface area contributed by atoms with Crippen LogP contribution in [0.3, 0.4) is 0 Å². The van der Waals surface area contributed by atoms with E-state index < -0.39 is 28.6 Å². The van der Waals surface area contributed by atoms with E-state index in [1.807, 2.05) is 26.8 Å². The van der Waals surface area contributed by atoms with Crippen LogP contribution < -0.4 is 0 Å². The number of alkyl halides is 2. The van der Waals surface area contributed by atoms with Crippen LogP contribution in [0.2, 0.25) is 0 Å². The number of aliphatic hydroxyl groups is 1. The molecule has 8 atom stereocenters. The number of Topliss-reactive ketones (excluding diaryl/α,β-unsaturated/α-hetero) is 1. The standard InChI is InChI=1S/C25H32ClFO5/c1-13-8-17-15-9-19(27)18-10-20(28)14(4-5-22(30)31)11-23(18,2)16(15)6-7-24(17,3)25(13,32)21(29)12-26/h10-11,13,15-17,19,32H,4-9,12H2,1-3H3,(H,30,31)/t13-,15-,16+,17+,19+,23-,24+,25+/m1/s1. The van der Waals surface area contributed by atoms with Crippen molar-refractivity contribution in [2.75, 3.05) is 5.88 Å². The maximum atomic E-state index is 15.6. The number of carbonyl (C=O) groups is 3. The van der Waals surface area contributed by atoms with Crippen molar-refractivity contribution in [1.29, 1.82) is 0 Å². The Hall–Kier alpha value is -1.53. The first-order valence-corrected chi connectivity index (χ1v) is 12.1. The quantitative estimate of drug-likeness (QED) is 0.590. The van der Waals surface area contributed by atoms with Gasteiger partial charge in [-0.05, 0) is 73.0 Å². The number of carboxylic acids is 1. The van der Waals surface area contributed by atoms with E-state index in [0.29, 0.717) is 30.4 Å². The maximum Gasteiger partial charge on any atom is 0.303 e. The fraction of sp³-hybridized carbons (Fsp3) is 0.720. The summed E-state index contributed by atoms with van der Waals surface area (Å²) in [5.41, 5.74) is -1.93. The monoisotopic (exact) mass is 466 g/mol. The highest BCUT2D eigenvalue weighted by molar-refractivity contribution is 6.29. The summed E-state index contributed by atoms with van der Waals surface area (Å²) in [4.78, 5) is 36.4. The molecule has 0 aromatic heterocycles. The van der Waals surface area contributed by atoms with Gasteiger partial charge in [-0.15, -0.1) is 11.6 Å². The van der Waals surface area contributed by atoms with Gasteiger partial charge in [0.25, 0.3) is 0 Å². The van der Waals surface area contributed by atoms with Crippen molar-refractivity contribution in [2.45, 2.75) is 71.1 Å². The van der Waals surface area contributed by atoms with E-state index in [2.05, 4.69) is 0 Å². The molecule has 4 rings (SSSR count). The van der Waals surface area contributed by atoms with Gasteiger partial charge >= 0.3 is 5.97 Å². The fourth-order valence-electron chi connectivity index (χ4n) is 7.86. The second kappa shape index (κ2) is 7.76. The summed E-state index contributed by atoms with van der Waals surface area (Å²) in [6.07, 6.45) is 4.15. The second-order valence-electron chi connectivity index (χ2n) is 10.8. The number of carbonyl (C=O) groups excluding carboxylic acids is 2. The summed E-state index contributed by atoms with van der Waals surface area (Å²) in [7, 11) is 0. The Morgan fingerprint density at radius 1 is 1.25 bits per heavy atom. The van der Waals surface area contributed by atoms with Crippen LogP contribution in [-0.2, 0) is 14.4 Å². The van der Waals surface area contributed by atoms with Crippen LogP contribution in [0.4, 0.5) is 4.39 Å². The number of halogens is 2. The zero-order valence-electron chi connectivity index (χ0n) is 18.9. The first kappa shape index (κ1) is 23.6. The van der Waals surface area contributed by atoms with Crippen molar-refractivity contribution >= 4 is 29.1 Å². The maximum absolute atomic E-state index is 15.6. The Labute approximate surface area is 193 Å². The van der Waals surface area contributed by atoms with E-state index in [1.54, 1.807) is 0 Å². The van der Waals surface area contributed by atoms with Gasteiger partial charge in [0.15, 0.2) is 11.6 Å². The summed E-state index contributed by atoms with van der Waals surface area (Å²) < 4.78 is 15.6. The molecular weight excluding hydrogens is 435 g/mol. The molecule has 3 fully saturated rings. The van der Waals surface area contributed by atoms with Gasteiger partial charge in [-0.25, -0.2) is 4.39 Å². The molecule has 0 aliphatic heterocycles. The smallest absolute Gasteiger partial charge is 0.303 e. The number of aliphatic carboxylic acids is 1. The molecule has 0 radical (unpaired) electrons. The molecule has 4 aliphatic rings. The number of hydrogen-bond acceptors (Lipinski definition) is 4. The highest BCUT2D eigenvalue weighted by Gasteiger charge is 2.69. The van der Waals surface area contributed by atoms with Gasteiger partial charge in [-0.1, -0.05) is 26.8 Å². The van der Waals surface area contributed by atoms with E-state index in [0.717, 1.165) is 0 Å². The highest BCUT2D eigenvalue weighted by Crippen LogP contribution is 2.68. The van der Waals surface area contributed by atoms with Crippen LogP contribution in [-0.4, -0.2) is 45.4 Å². The van der Waals surface area contributed by atoms with Crippen LogP contribution in [0.25, 0.3) is 0 Å². The van der Waals surface area contributed by atoms with Crippen molar-refractivity contribution in [2.24, 2.45) is 34.5 Å². The van der Waals surface area contributed by atoms with Gasteiger partial charge in [0.2, 0.25) is 0 Å². The number of hydrogen-bond donors (Lipinski definition) is 2. The van der Waals surface area contributed by atoms with Crippen LogP contribution in [0.1, 0.15) is 59.3 Å². The first-order valence-electron chi connectivity index (χ1n) is 11.6. The van der Waals surface area contributed by atoms with Crippen LogP contribution in [0, 0.1) is 34.5 Å². The van der Waals surface area contributed by atoms with Gasteiger partial charge in [0, 0.05) is 17.3 Å². The fourth-order valence-corrected chi connectivity index (χ4v) is 8.06. The minimum Gasteiger partial charge on any atom is -0.481 e. The summed E-state index contributed by atoms with van der Waals surface area (Å²) >= 11 is 5.88. The third-order valence-corrected chi connectivity index (χ3v) is 9.70. The molecule has 7 heteroatoms. The molecule has 0 unspecified atom stereocenters. The third kappa shape index (κ3) is 3.08. The summed E-state index contributed by atoms with van der Waals surface area (Å²) in [6, 6.07) is 0. The molecule has 176 valence electrons. The van der Waals surface area contributed by atoms with Crippen molar-refractivity contribution in [3.8, 4) is 0 Å². The molecule has 32 heavy (non-hydrogen) atoms. The van der Waals surface area contributed by atoms with Crippen LogP contribution >= 0.6 is 11.6 Å². The lowest BCUT2D eigenvalue weighted by atomic mass is 9.46. The number of ketones is 2. The Morgan fingerprint density at radius 2 is 1.94 bits per heavy atom. The van der Waals surface area contributed by atoms with Crippen molar-refractivity contribution < 1.29 is 29.0 Å². The van der Waals surface area contributed by atoms with Gasteiger partial charge in [-0.3, -0.25) is 14.4 Å². The molecule has 3 saturated carbocycles. The van der Waals surface area contributed by atoms with Crippen molar-refractivity contribution in [3.63, 3.8) is 0 Å². The Morgan fingerprint density at radius 3 is 2.56 bits per heavy atom. The van der Waals surface area contributed by atoms with Gasteiger partial charge in [0.05, 0.1) is 5.88 Å². The lowest BCUT2D eigenvalue weighted by molar-refractivity contribution is -0.165. The molecule has 0 heterocycles. The molecule has 0 saturated heterocycles. The first-order chi connectivity index (χ1) is 14.9. The zero-order valence-corrected chi connectivity index (χ0v) is 19.6. The van der Waals surface area contributed by atoms with E-state index >= 15 is 4.39 Å². The Kier molecular flexibility index (Phi) is 5.73. The Bertz CT molecular complexity index is 927. The molecular formula is C25H32ClFO5. The molecule has 0 aromatic carbocycles. The SMILES string of the molecule is C[C@@H]1C[C@H]2[C@@H]3C[C@H](F)C4=CC(=O)C(CCC(=O)O)=C[C@]4(C)[C@H]3CC[C@]2(C)[C@@]1(O)C(=O)CCl. The summed E-state index contributed by atoms with van der Waals surface area (Å²) in [6.45, 7) is 5.81. The average molecular weight is 467 g/mol. The van der Waals surface area contributed by atoms with Crippen molar-refractivity contribution in [3.05, 3.63) is 23.3 Å². The average Bonchev–Trinajstić information content (AvgIpc) is 2.94. The second-order valence-corrected chi connectivity index (χ2v) is 11.1. The Balaban J connectivity index is 1.73. The minimum atomic E-state index is -1.52. The van der Waals surface area contributed by atoms with E-state index in [-0.39, 0.29) is 60.4 Å². The molecule has 0 spiro atoms. The lowest BCUT2D eigenvalue weighted by Crippen LogP contribution is -2.60. The van der Waals surface area contributed by atoms with Gasteiger partial charge in [-0.2, -0.15) is 0 Å². The molecule has 4 aliphatic carbocycles. The van der Waals surface area contributed by atoms with Gasteiger partial charge < -0.3 is 10.2 Å². The zero-order chi connectivity index (χ0) is 23.6. The largest absolute Gasteiger partial charge is 0.481 e. The predicted molar refractivity (Wildman–Crippen MR) is 118 cm³/mol. The lowest BCUT2D eigenvalue weighted by Gasteiger charge is -2.58.